The number of halogens is 1. The van der Waals surface area contributed by atoms with Crippen molar-refractivity contribution < 1.29 is 9.90 Å². The van der Waals surface area contributed by atoms with Crippen molar-refractivity contribution in [1.29, 1.82) is 0 Å². The first-order valence-electron chi connectivity index (χ1n) is 8.92. The van der Waals surface area contributed by atoms with Gasteiger partial charge in [0.05, 0.1) is 17.1 Å². The fourth-order valence-corrected chi connectivity index (χ4v) is 3.65. The van der Waals surface area contributed by atoms with Crippen LogP contribution in [0, 0.1) is 6.92 Å². The van der Waals surface area contributed by atoms with Crippen LogP contribution in [-0.2, 0) is 4.79 Å². The molecular weight excluding hydrogens is 436 g/mol. The smallest absolute Gasteiger partial charge is 0.326 e. The molecule has 0 aliphatic rings. The number of nitrogens with zero attached hydrogens (tertiary/aromatic N) is 4. The third kappa shape index (κ3) is 3.36. The summed E-state index contributed by atoms with van der Waals surface area (Å²) in [6.07, 6.45) is 3.30. The number of carbonyl (C=O) groups is 1. The van der Waals surface area contributed by atoms with Gasteiger partial charge in [-0.25, -0.2) is 9.78 Å². The second-order valence-electron chi connectivity index (χ2n) is 6.71. The average Bonchev–Trinajstić information content (AvgIpc) is 3.06. The summed E-state index contributed by atoms with van der Waals surface area (Å²) in [5, 5.41) is 15.1. The Kier molecular flexibility index (Phi) is 4.79. The van der Waals surface area contributed by atoms with Gasteiger partial charge in [-0.05, 0) is 38.1 Å². The minimum absolute atomic E-state index is 0.271. The number of hydrogen-bond acceptors (Lipinski definition) is 4. The summed E-state index contributed by atoms with van der Waals surface area (Å²) in [7, 11) is 0. The number of rotatable bonds is 4. The van der Waals surface area contributed by atoms with Crippen LogP contribution >= 0.6 is 15.9 Å². The van der Waals surface area contributed by atoms with Crippen molar-refractivity contribution >= 4 is 49.9 Å². The van der Waals surface area contributed by atoms with Crippen LogP contribution in [0.2, 0.25) is 0 Å². The number of aromatic nitrogens is 3. The monoisotopic (exact) mass is 452 g/mol. The molecule has 2 heterocycles. The van der Waals surface area contributed by atoms with Crippen LogP contribution in [0.3, 0.4) is 0 Å². The molecule has 29 heavy (non-hydrogen) atoms. The molecule has 0 saturated carbocycles. The predicted molar refractivity (Wildman–Crippen MR) is 116 cm³/mol. The molecular formula is C21H17BrN4O3. The molecule has 1 atom stereocenters. The van der Waals surface area contributed by atoms with Crippen molar-refractivity contribution in [1.82, 2.24) is 14.2 Å². The molecule has 0 radical (unpaired) electrons. The molecule has 2 aromatic heterocycles. The van der Waals surface area contributed by atoms with E-state index in [0.29, 0.717) is 22.3 Å². The van der Waals surface area contributed by atoms with Crippen molar-refractivity contribution in [2.24, 2.45) is 5.10 Å². The molecule has 0 aliphatic heterocycles. The molecule has 1 N–H and O–H groups in total. The van der Waals surface area contributed by atoms with Gasteiger partial charge < -0.3 is 9.67 Å². The summed E-state index contributed by atoms with van der Waals surface area (Å²) in [5.74, 6) is -0.464. The van der Waals surface area contributed by atoms with Gasteiger partial charge in [0.1, 0.15) is 11.9 Å². The van der Waals surface area contributed by atoms with Crippen molar-refractivity contribution in [3.05, 3.63) is 74.9 Å². The third-order valence-electron chi connectivity index (χ3n) is 4.83. The predicted octanol–water partition coefficient (Wildman–Crippen LogP) is 3.95. The van der Waals surface area contributed by atoms with Crippen LogP contribution in [0.4, 0.5) is 0 Å². The van der Waals surface area contributed by atoms with E-state index in [1.165, 1.54) is 4.68 Å². The Morgan fingerprint density at radius 2 is 2.00 bits per heavy atom. The van der Waals surface area contributed by atoms with E-state index in [1.807, 2.05) is 30.3 Å². The Morgan fingerprint density at radius 1 is 1.24 bits per heavy atom. The highest BCUT2D eigenvalue weighted by Crippen LogP contribution is 2.24. The highest BCUT2D eigenvalue weighted by atomic mass is 79.9. The molecule has 0 saturated heterocycles. The van der Waals surface area contributed by atoms with Gasteiger partial charge in [0.15, 0.2) is 0 Å². The van der Waals surface area contributed by atoms with Gasteiger partial charge >= 0.3 is 5.97 Å². The van der Waals surface area contributed by atoms with Crippen LogP contribution in [0.15, 0.2) is 63.0 Å². The molecule has 4 rings (SSSR count). The first-order chi connectivity index (χ1) is 13.9. The maximum atomic E-state index is 12.9. The normalized spacial score (nSPS) is 12.8. The van der Waals surface area contributed by atoms with Gasteiger partial charge in [-0.15, -0.1) is 0 Å². The van der Waals surface area contributed by atoms with E-state index in [9.17, 15) is 14.7 Å². The lowest BCUT2D eigenvalue weighted by atomic mass is 10.2. The number of carboxylic acids is 1. The minimum atomic E-state index is -0.925. The number of carboxylic acid groups (broad SMARTS) is 1. The Labute approximate surface area is 174 Å². The number of fused-ring (bicyclic) bond motifs is 2. The van der Waals surface area contributed by atoms with Gasteiger partial charge in [-0.1, -0.05) is 34.1 Å². The Balaban J connectivity index is 1.86. The molecule has 7 nitrogen and oxygen atoms in total. The third-order valence-corrected chi connectivity index (χ3v) is 5.32. The lowest BCUT2D eigenvalue weighted by Crippen LogP contribution is -2.20. The zero-order valence-electron chi connectivity index (χ0n) is 15.7. The lowest BCUT2D eigenvalue weighted by Gasteiger charge is -2.09. The van der Waals surface area contributed by atoms with Crippen LogP contribution < -0.4 is 5.56 Å². The summed E-state index contributed by atoms with van der Waals surface area (Å²) in [5.41, 5.74) is 1.84. The number of aliphatic carboxylic acids is 1. The molecule has 0 bridgehead atoms. The van der Waals surface area contributed by atoms with E-state index in [2.05, 4.69) is 26.0 Å². The highest BCUT2D eigenvalue weighted by Gasteiger charge is 2.17. The minimum Gasteiger partial charge on any atom is -0.480 e. The summed E-state index contributed by atoms with van der Waals surface area (Å²) < 4.78 is 3.72. The second kappa shape index (κ2) is 7.29. The topological polar surface area (TPSA) is 89.5 Å². The molecule has 2 aromatic carbocycles. The fraction of sp³-hybridized carbons (Fsp3) is 0.143. The van der Waals surface area contributed by atoms with E-state index in [0.717, 1.165) is 15.4 Å². The van der Waals surface area contributed by atoms with Gasteiger partial charge in [0, 0.05) is 27.1 Å². The first kappa shape index (κ1) is 19.1. The summed E-state index contributed by atoms with van der Waals surface area (Å²) in [6.45, 7) is 3.34. The molecule has 4 aromatic rings. The van der Waals surface area contributed by atoms with Crippen molar-refractivity contribution in [3.8, 4) is 0 Å². The first-order valence-corrected chi connectivity index (χ1v) is 9.72. The quantitative estimate of drug-likeness (QED) is 0.474. The molecule has 0 aliphatic carbocycles. The Morgan fingerprint density at radius 3 is 2.76 bits per heavy atom. The largest absolute Gasteiger partial charge is 0.480 e. The number of benzene rings is 2. The number of hydrogen-bond donors (Lipinski definition) is 1. The van der Waals surface area contributed by atoms with E-state index in [-0.39, 0.29) is 5.56 Å². The maximum Gasteiger partial charge on any atom is 0.326 e. The number of para-hydroxylation sites is 1. The molecule has 0 amide bonds. The van der Waals surface area contributed by atoms with Crippen LogP contribution in [0.25, 0.3) is 21.8 Å². The van der Waals surface area contributed by atoms with E-state index < -0.39 is 12.0 Å². The molecule has 0 fully saturated rings. The van der Waals surface area contributed by atoms with Crippen molar-refractivity contribution in [3.63, 3.8) is 0 Å². The second-order valence-corrected chi connectivity index (χ2v) is 7.62. The molecule has 0 unspecified atom stereocenters. The SMILES string of the molecule is Cc1nc2ccc(Br)cc2c(=O)n1N=Cc1cn([C@@H](C)C(=O)O)c2ccccc12. The fourth-order valence-electron chi connectivity index (χ4n) is 3.29. The van der Waals surface area contributed by atoms with E-state index in [4.69, 9.17) is 0 Å². The Hall–Kier alpha value is -3.26. The van der Waals surface area contributed by atoms with Crippen molar-refractivity contribution in [2.45, 2.75) is 19.9 Å². The Bertz CT molecular complexity index is 1350. The lowest BCUT2D eigenvalue weighted by molar-refractivity contribution is -0.140. The zero-order valence-corrected chi connectivity index (χ0v) is 17.3. The molecule has 0 spiro atoms. The summed E-state index contributed by atoms with van der Waals surface area (Å²) >= 11 is 3.38. The van der Waals surface area contributed by atoms with Crippen molar-refractivity contribution in [2.75, 3.05) is 0 Å². The molecule has 146 valence electrons. The zero-order chi connectivity index (χ0) is 20.7. The average molecular weight is 453 g/mol. The molecule has 8 heteroatoms. The van der Waals surface area contributed by atoms with Gasteiger partial charge in [0.25, 0.3) is 5.56 Å². The highest BCUT2D eigenvalue weighted by molar-refractivity contribution is 9.10. The van der Waals surface area contributed by atoms with Gasteiger partial charge in [-0.2, -0.15) is 9.78 Å². The summed E-state index contributed by atoms with van der Waals surface area (Å²) in [4.78, 5) is 28.8. The standard InChI is InChI=1S/C21H17BrN4O3/c1-12(21(28)29)25-11-14(16-5-3-4-6-19(16)25)10-23-26-13(2)24-18-8-7-15(22)9-17(18)20(26)27/h3-12H,1-2H3,(H,28,29)/t12-/m0/s1. The van der Waals surface area contributed by atoms with E-state index in [1.54, 1.807) is 43.0 Å². The summed E-state index contributed by atoms with van der Waals surface area (Å²) in [6, 6.07) is 12.1. The van der Waals surface area contributed by atoms with Crippen LogP contribution in [0.1, 0.15) is 24.4 Å². The van der Waals surface area contributed by atoms with Gasteiger partial charge in [-0.3, -0.25) is 4.79 Å². The van der Waals surface area contributed by atoms with Gasteiger partial charge in [0.2, 0.25) is 0 Å². The number of aryl methyl sites for hydroxylation is 1. The maximum absolute atomic E-state index is 12.9. The van der Waals surface area contributed by atoms with E-state index >= 15 is 0 Å². The van der Waals surface area contributed by atoms with Crippen LogP contribution in [0.5, 0.6) is 0 Å². The van der Waals surface area contributed by atoms with Crippen LogP contribution in [-0.4, -0.2) is 31.5 Å².